The summed E-state index contributed by atoms with van der Waals surface area (Å²) >= 11 is 0. The molecule has 8 rings (SSSR count). The van der Waals surface area contributed by atoms with E-state index in [4.69, 9.17) is 38.6 Å². The lowest BCUT2D eigenvalue weighted by Gasteiger charge is -2.38. The van der Waals surface area contributed by atoms with Crippen molar-refractivity contribution in [3.05, 3.63) is 119 Å². The molecule has 6 atom stereocenters. The van der Waals surface area contributed by atoms with Crippen molar-refractivity contribution in [2.75, 3.05) is 39.6 Å². The summed E-state index contributed by atoms with van der Waals surface area (Å²) < 4.78 is 198. The molecule has 4 aromatic rings. The van der Waals surface area contributed by atoms with Gasteiger partial charge in [0.05, 0.1) is 63.1 Å². The molecule has 0 amide bonds. The van der Waals surface area contributed by atoms with Crippen LogP contribution < -0.4 is 9.47 Å². The number of halogens is 12. The van der Waals surface area contributed by atoms with E-state index in [0.29, 0.717) is 86.8 Å². The summed E-state index contributed by atoms with van der Waals surface area (Å²) in [6.45, 7) is 2.61. The maximum Gasteiger partial charge on any atom is 0.411 e. The number of aliphatic hydroxyl groups is 2. The van der Waals surface area contributed by atoms with E-state index in [2.05, 4.69) is 0 Å². The Morgan fingerprint density at radius 2 is 0.657 bits per heavy atom. The first-order valence-electron chi connectivity index (χ1n) is 20.5. The van der Waals surface area contributed by atoms with Crippen LogP contribution in [0.5, 0.6) is 23.0 Å². The molecule has 4 aromatic carbocycles. The number of aromatic hydroxyl groups is 2. The Morgan fingerprint density at radius 1 is 0.418 bits per heavy atom. The fourth-order valence-electron chi connectivity index (χ4n) is 7.23. The van der Waals surface area contributed by atoms with Gasteiger partial charge in [-0.1, -0.05) is 48.5 Å². The van der Waals surface area contributed by atoms with Crippen LogP contribution in [0.1, 0.15) is 41.5 Å². The third-order valence-electron chi connectivity index (χ3n) is 11.0. The molecule has 6 unspecified atom stereocenters. The monoisotopic (exact) mass is 972 g/mol. The van der Waals surface area contributed by atoms with Crippen LogP contribution in [0.2, 0.25) is 0 Å². The topological polar surface area (TPSA) is 150 Å². The molecule has 10 nitrogen and oxygen atoms in total. The first-order chi connectivity index (χ1) is 31.3. The molecule has 4 saturated heterocycles. The molecule has 22 heteroatoms. The Hall–Kier alpha value is -5.00. The smallest absolute Gasteiger partial charge is 0.411 e. The Bertz CT molecular complexity index is 2010. The second kappa shape index (κ2) is 20.3. The predicted octanol–water partition coefficient (Wildman–Crippen LogP) is 8.84. The highest BCUT2D eigenvalue weighted by Crippen LogP contribution is 2.58. The van der Waals surface area contributed by atoms with E-state index >= 15 is 0 Å². The normalized spacial score (nSPS) is 21.1. The van der Waals surface area contributed by atoms with Gasteiger partial charge in [-0.2, -0.15) is 52.7 Å². The molecule has 0 aliphatic carbocycles. The number of epoxide rings is 4. The fraction of sp³-hybridized carbons (Fsp3) is 0.467. The molecule has 4 fully saturated rings. The molecule has 4 aliphatic rings. The minimum absolute atomic E-state index is 0.0108. The maximum atomic E-state index is 14.3. The summed E-state index contributed by atoms with van der Waals surface area (Å²) in [5, 5.41) is 38.0. The van der Waals surface area contributed by atoms with Crippen molar-refractivity contribution in [1.29, 1.82) is 0 Å². The largest absolute Gasteiger partial charge is 0.508 e. The third-order valence-corrected chi connectivity index (χ3v) is 11.0. The van der Waals surface area contributed by atoms with Gasteiger partial charge in [-0.15, -0.1) is 0 Å². The second-order valence-corrected chi connectivity index (χ2v) is 16.1. The van der Waals surface area contributed by atoms with Gasteiger partial charge in [-0.3, -0.25) is 0 Å². The number of hydrogen-bond donors (Lipinski definition) is 4. The number of alkyl halides is 12. The zero-order valence-corrected chi connectivity index (χ0v) is 34.8. The number of ether oxygens (including phenoxy) is 6. The Kier molecular flexibility index (Phi) is 15.6. The molecule has 4 N–H and O–H groups in total. The maximum absolute atomic E-state index is 14.3. The van der Waals surface area contributed by atoms with Crippen molar-refractivity contribution in [3.63, 3.8) is 0 Å². The van der Waals surface area contributed by atoms with Gasteiger partial charge < -0.3 is 48.8 Å². The summed E-state index contributed by atoms with van der Waals surface area (Å²) in [6, 6.07) is 12.2. The Labute approximate surface area is 374 Å². The lowest BCUT2D eigenvalue weighted by atomic mass is 9.73. The van der Waals surface area contributed by atoms with Gasteiger partial charge in [0.1, 0.15) is 36.2 Å². The molecule has 0 bridgehead atoms. The second-order valence-electron chi connectivity index (χ2n) is 16.1. The van der Waals surface area contributed by atoms with Crippen LogP contribution in [0.3, 0.4) is 0 Å². The number of phenolic OH excluding ortho intramolecular Hbond substituents is 2. The summed E-state index contributed by atoms with van der Waals surface area (Å²) in [7, 11) is 0. The summed E-state index contributed by atoms with van der Waals surface area (Å²) in [5.41, 5.74) is -12.8. The van der Waals surface area contributed by atoms with Crippen LogP contribution in [0.25, 0.3) is 0 Å². The SMILES string of the molecule is C1OC1CC1CO1.OC(COc1ccc(C(c2ccc(OCC(O)CC3CO3)cc2)(C(F)(F)F)C(F)(F)F)cc1)CC1CO1.Oc1ccc(C(c2ccc(O)cc2)(C(F)(F)F)C(F)(F)F)cc1. The van der Waals surface area contributed by atoms with Gasteiger partial charge in [-0.05, 0) is 70.8 Å². The first kappa shape index (κ1) is 51.4. The first-order valence-corrected chi connectivity index (χ1v) is 20.5. The van der Waals surface area contributed by atoms with Gasteiger partial charge in [0.15, 0.2) is 0 Å². The van der Waals surface area contributed by atoms with Crippen LogP contribution in [-0.4, -0.2) is 121 Å². The van der Waals surface area contributed by atoms with Crippen molar-refractivity contribution in [2.45, 2.75) is 91.4 Å². The molecule has 0 radical (unpaired) electrons. The number of phenols is 2. The number of rotatable bonds is 16. The van der Waals surface area contributed by atoms with Crippen LogP contribution in [-0.2, 0) is 29.8 Å². The summed E-state index contributed by atoms with van der Waals surface area (Å²) in [4.78, 5) is 0. The van der Waals surface area contributed by atoms with Gasteiger partial charge in [-0.25, -0.2) is 0 Å². The highest BCUT2D eigenvalue weighted by molar-refractivity contribution is 5.48. The zero-order valence-electron chi connectivity index (χ0n) is 34.8. The van der Waals surface area contributed by atoms with Crippen LogP contribution in [0, 0.1) is 0 Å². The van der Waals surface area contributed by atoms with E-state index < -0.39 is 81.5 Å². The highest BCUT2D eigenvalue weighted by atomic mass is 19.4. The minimum atomic E-state index is -5.74. The molecule has 0 saturated carbocycles. The zero-order chi connectivity index (χ0) is 49.0. The van der Waals surface area contributed by atoms with Gasteiger partial charge >= 0.3 is 24.7 Å². The molecule has 4 heterocycles. The van der Waals surface area contributed by atoms with E-state index in [1.807, 2.05) is 0 Å². The fourth-order valence-corrected chi connectivity index (χ4v) is 7.23. The van der Waals surface area contributed by atoms with Gasteiger partial charge in [0.2, 0.25) is 10.8 Å². The predicted molar refractivity (Wildman–Crippen MR) is 211 cm³/mol. The highest BCUT2D eigenvalue weighted by Gasteiger charge is 2.73. The van der Waals surface area contributed by atoms with Crippen LogP contribution >= 0.6 is 0 Å². The molecule has 4 aliphatic heterocycles. The molecule has 0 spiro atoms. The molecular weight excluding hydrogens is 928 g/mol. The van der Waals surface area contributed by atoms with Gasteiger partial charge in [0, 0.05) is 19.3 Å². The third kappa shape index (κ3) is 12.8. The van der Waals surface area contributed by atoms with Crippen molar-refractivity contribution < 1.29 is 102 Å². The van der Waals surface area contributed by atoms with Crippen molar-refractivity contribution in [3.8, 4) is 23.0 Å². The van der Waals surface area contributed by atoms with E-state index in [-0.39, 0.29) is 36.9 Å². The summed E-state index contributed by atoms with van der Waals surface area (Å²) in [5.74, 6) is -0.899. The number of hydrogen-bond acceptors (Lipinski definition) is 10. The molecular formula is C45H44F12O10. The Balaban J connectivity index is 0.000000207. The molecule has 67 heavy (non-hydrogen) atoms. The molecule has 0 aromatic heterocycles. The summed E-state index contributed by atoms with van der Waals surface area (Å²) in [6.07, 6.45) is -21.9. The van der Waals surface area contributed by atoms with Crippen molar-refractivity contribution in [1.82, 2.24) is 0 Å². The van der Waals surface area contributed by atoms with Crippen LogP contribution in [0.4, 0.5) is 52.7 Å². The lowest BCUT2D eigenvalue weighted by Crippen LogP contribution is -2.54. The van der Waals surface area contributed by atoms with Crippen molar-refractivity contribution in [2.24, 2.45) is 0 Å². The van der Waals surface area contributed by atoms with E-state index in [1.54, 1.807) is 0 Å². The van der Waals surface area contributed by atoms with E-state index in [9.17, 15) is 62.9 Å². The number of aliphatic hydroxyl groups excluding tert-OH is 2. The lowest BCUT2D eigenvalue weighted by molar-refractivity contribution is -0.290. The van der Waals surface area contributed by atoms with Crippen molar-refractivity contribution >= 4 is 0 Å². The van der Waals surface area contributed by atoms with E-state index in [0.717, 1.165) is 68.2 Å². The average Bonchev–Trinajstić information content (AvgIpc) is 4.01. The molecule has 368 valence electrons. The minimum Gasteiger partial charge on any atom is -0.508 e. The quantitative estimate of drug-likeness (QED) is 0.0634. The van der Waals surface area contributed by atoms with Crippen LogP contribution in [0.15, 0.2) is 97.1 Å². The standard InChI is InChI=1S/C25H26F6O6.C15H10F6O2.C5H8O2/c26-24(27,28)23(25(29,30)31,15-1-5-19(6-2-15)34-11-17(32)9-21-13-36-21)16-3-7-20(8-4-16)35-12-18(33)10-22-14-37-22;16-14(17,18)13(15(19,20)21,9-1-5-11(22)6-2-9)10-3-7-12(23)8-4-10;1(4-2-6-4)5-3-7-5/h1-8,17-18,21-22,32-33H,9-14H2;1-8,22-23H;4-5H,1-3H2. The van der Waals surface area contributed by atoms with E-state index in [1.165, 1.54) is 0 Å². The van der Waals surface area contributed by atoms with Gasteiger partial charge in [0.25, 0.3) is 0 Å². The Morgan fingerprint density at radius 3 is 0.881 bits per heavy atom. The number of benzene rings is 4. The average molecular weight is 973 g/mol.